The summed E-state index contributed by atoms with van der Waals surface area (Å²) in [4.78, 5) is 40.9. The Morgan fingerprint density at radius 1 is 1.21 bits per heavy atom. The molecule has 174 valence electrons. The first-order chi connectivity index (χ1) is 16.3. The Balaban J connectivity index is 1.71. The molecule has 1 amide bonds. The predicted octanol–water partition coefficient (Wildman–Crippen LogP) is 4.45. The Bertz CT molecular complexity index is 1440. The Labute approximate surface area is 204 Å². The van der Waals surface area contributed by atoms with Crippen molar-refractivity contribution >= 4 is 63.3 Å². The van der Waals surface area contributed by atoms with Gasteiger partial charge in [0.25, 0.3) is 11.5 Å². The van der Waals surface area contributed by atoms with Gasteiger partial charge in [0.05, 0.1) is 17.5 Å². The van der Waals surface area contributed by atoms with Crippen LogP contribution in [0.25, 0.3) is 22.6 Å². The standard InChI is InChI=1S/C24H19Cl2N3O5/c1-2-34-16-5-3-4-13(11-16)10-14-8-9-29-21(14)28-18-12-15(6-7-17(18)23(29)31)27-22(30)19(25)20(26)24(32)33/h3-7,10-12H,2,8-9H2,1H3,(H,27,30)(H,32,33)/b14-10?,20-19-. The molecule has 3 aromatic rings. The van der Waals surface area contributed by atoms with Gasteiger partial charge in [0.15, 0.2) is 0 Å². The van der Waals surface area contributed by atoms with Gasteiger partial charge in [-0.1, -0.05) is 35.3 Å². The number of halogens is 2. The van der Waals surface area contributed by atoms with E-state index in [1.807, 2.05) is 37.3 Å². The van der Waals surface area contributed by atoms with Crippen molar-refractivity contribution in [3.05, 3.63) is 74.3 Å². The molecule has 1 aliphatic heterocycles. The molecule has 8 nitrogen and oxygen atoms in total. The zero-order valence-corrected chi connectivity index (χ0v) is 19.5. The molecule has 34 heavy (non-hydrogen) atoms. The Morgan fingerprint density at radius 2 is 2.00 bits per heavy atom. The van der Waals surface area contributed by atoms with Crippen LogP contribution in [0.1, 0.15) is 24.7 Å². The number of ether oxygens (including phenoxy) is 1. The van der Waals surface area contributed by atoms with Crippen LogP contribution in [0.15, 0.2) is 57.3 Å². The van der Waals surface area contributed by atoms with Crippen molar-refractivity contribution in [2.45, 2.75) is 19.9 Å². The van der Waals surface area contributed by atoms with Gasteiger partial charge in [0.1, 0.15) is 21.6 Å². The fourth-order valence-electron chi connectivity index (χ4n) is 3.67. The van der Waals surface area contributed by atoms with E-state index in [1.165, 1.54) is 12.1 Å². The Kier molecular flexibility index (Phi) is 6.72. The predicted molar refractivity (Wildman–Crippen MR) is 131 cm³/mol. The lowest BCUT2D eigenvalue weighted by molar-refractivity contribution is -0.132. The number of fused-ring (bicyclic) bond motifs is 2. The molecule has 1 aliphatic rings. The van der Waals surface area contributed by atoms with E-state index in [4.69, 9.17) is 33.0 Å². The summed E-state index contributed by atoms with van der Waals surface area (Å²) in [5.41, 5.74) is 2.32. The van der Waals surface area contributed by atoms with Crippen LogP contribution in [-0.4, -0.2) is 33.1 Å². The van der Waals surface area contributed by atoms with E-state index in [0.717, 1.165) is 16.9 Å². The molecule has 2 heterocycles. The van der Waals surface area contributed by atoms with Gasteiger partial charge >= 0.3 is 5.97 Å². The van der Waals surface area contributed by atoms with Crippen molar-refractivity contribution in [2.24, 2.45) is 0 Å². The van der Waals surface area contributed by atoms with Gasteiger partial charge in [0, 0.05) is 12.2 Å². The molecule has 0 saturated carbocycles. The summed E-state index contributed by atoms with van der Waals surface area (Å²) in [5, 5.41) is 10.3. The summed E-state index contributed by atoms with van der Waals surface area (Å²) in [6.07, 6.45) is 2.62. The number of aliphatic carboxylic acids is 1. The number of benzene rings is 2. The lowest BCUT2D eigenvalue weighted by Crippen LogP contribution is -2.21. The van der Waals surface area contributed by atoms with E-state index in [-0.39, 0.29) is 11.2 Å². The lowest BCUT2D eigenvalue weighted by Gasteiger charge is -2.09. The van der Waals surface area contributed by atoms with Gasteiger partial charge in [-0.15, -0.1) is 0 Å². The minimum absolute atomic E-state index is 0.184. The third kappa shape index (κ3) is 4.69. The van der Waals surface area contributed by atoms with E-state index < -0.39 is 21.9 Å². The van der Waals surface area contributed by atoms with Crippen LogP contribution in [-0.2, 0) is 16.1 Å². The number of aromatic nitrogens is 2. The number of hydrogen-bond donors (Lipinski definition) is 2. The molecule has 0 spiro atoms. The smallest absolute Gasteiger partial charge is 0.349 e. The van der Waals surface area contributed by atoms with Gasteiger partial charge < -0.3 is 15.2 Å². The highest BCUT2D eigenvalue weighted by Crippen LogP contribution is 2.29. The van der Waals surface area contributed by atoms with Gasteiger partial charge in [-0.25, -0.2) is 9.78 Å². The molecule has 10 heteroatoms. The Hall–Kier alpha value is -3.62. The molecule has 0 fully saturated rings. The Morgan fingerprint density at radius 3 is 2.74 bits per heavy atom. The number of nitrogens with one attached hydrogen (secondary N) is 1. The van der Waals surface area contributed by atoms with Crippen LogP contribution in [0.3, 0.4) is 0 Å². The second kappa shape index (κ2) is 9.70. The summed E-state index contributed by atoms with van der Waals surface area (Å²) < 4.78 is 7.19. The highest BCUT2D eigenvalue weighted by molar-refractivity contribution is 6.54. The van der Waals surface area contributed by atoms with Crippen molar-refractivity contribution in [2.75, 3.05) is 11.9 Å². The quantitative estimate of drug-likeness (QED) is 0.484. The largest absolute Gasteiger partial charge is 0.494 e. The second-order valence-electron chi connectivity index (χ2n) is 7.44. The van der Waals surface area contributed by atoms with Crippen molar-refractivity contribution < 1.29 is 19.4 Å². The molecule has 2 N–H and O–H groups in total. The molecule has 0 unspecified atom stereocenters. The number of carboxylic acid groups (broad SMARTS) is 1. The first-order valence-electron chi connectivity index (χ1n) is 10.4. The first-order valence-corrected chi connectivity index (χ1v) is 11.1. The topological polar surface area (TPSA) is 111 Å². The minimum Gasteiger partial charge on any atom is -0.494 e. The number of carboxylic acids is 1. The number of allylic oxidation sites excluding steroid dienone is 1. The van der Waals surface area contributed by atoms with Crippen LogP contribution in [0.2, 0.25) is 0 Å². The van der Waals surface area contributed by atoms with Crippen LogP contribution in [0.5, 0.6) is 5.75 Å². The zero-order chi connectivity index (χ0) is 24.4. The van der Waals surface area contributed by atoms with Crippen LogP contribution < -0.4 is 15.6 Å². The zero-order valence-electron chi connectivity index (χ0n) is 18.0. The fourth-order valence-corrected chi connectivity index (χ4v) is 3.89. The van der Waals surface area contributed by atoms with Gasteiger partial charge in [-0.3, -0.25) is 14.2 Å². The van der Waals surface area contributed by atoms with Crippen LogP contribution in [0, 0.1) is 0 Å². The summed E-state index contributed by atoms with van der Waals surface area (Å²) in [7, 11) is 0. The summed E-state index contributed by atoms with van der Waals surface area (Å²) in [6.45, 7) is 3.00. The van der Waals surface area contributed by atoms with E-state index in [2.05, 4.69) is 10.3 Å². The summed E-state index contributed by atoms with van der Waals surface area (Å²) in [6, 6.07) is 12.2. The number of rotatable bonds is 6. The van der Waals surface area contributed by atoms with Gasteiger partial charge in [0.2, 0.25) is 0 Å². The monoisotopic (exact) mass is 499 g/mol. The maximum Gasteiger partial charge on any atom is 0.349 e. The van der Waals surface area contributed by atoms with Crippen LogP contribution >= 0.6 is 23.2 Å². The number of hydrogen-bond acceptors (Lipinski definition) is 5. The summed E-state index contributed by atoms with van der Waals surface area (Å²) >= 11 is 11.3. The molecule has 0 aliphatic carbocycles. The fraction of sp³-hybridized carbons (Fsp3) is 0.167. The molecule has 1 aromatic heterocycles. The van der Waals surface area contributed by atoms with Gasteiger partial charge in [-0.2, -0.15) is 0 Å². The van der Waals surface area contributed by atoms with E-state index in [9.17, 15) is 14.4 Å². The normalized spacial score (nSPS) is 14.6. The highest BCUT2D eigenvalue weighted by Gasteiger charge is 2.22. The molecule has 0 radical (unpaired) electrons. The minimum atomic E-state index is -1.52. The first kappa shape index (κ1) is 23.5. The molecule has 4 rings (SSSR count). The highest BCUT2D eigenvalue weighted by atomic mass is 35.5. The van der Waals surface area contributed by atoms with Crippen molar-refractivity contribution in [3.63, 3.8) is 0 Å². The maximum absolute atomic E-state index is 13.0. The third-order valence-electron chi connectivity index (χ3n) is 5.19. The SMILES string of the molecule is CCOc1cccc(C=C2CCn3c2nc2cc(NC(=O)/C(Cl)=C(/Cl)C(=O)O)ccc2c3=O)c1. The number of carbonyl (C=O) groups is 2. The maximum atomic E-state index is 13.0. The van der Waals surface area contributed by atoms with E-state index in [1.54, 1.807) is 10.6 Å². The molecule has 0 bridgehead atoms. The number of carbonyl (C=O) groups excluding carboxylic acids is 1. The lowest BCUT2D eigenvalue weighted by atomic mass is 10.1. The molecular weight excluding hydrogens is 481 g/mol. The van der Waals surface area contributed by atoms with E-state index >= 15 is 0 Å². The molecule has 2 aromatic carbocycles. The van der Waals surface area contributed by atoms with Crippen molar-refractivity contribution in [1.82, 2.24) is 9.55 Å². The van der Waals surface area contributed by atoms with Crippen molar-refractivity contribution in [1.29, 1.82) is 0 Å². The van der Waals surface area contributed by atoms with Gasteiger partial charge in [-0.05, 0) is 60.9 Å². The van der Waals surface area contributed by atoms with Crippen LogP contribution in [0.4, 0.5) is 5.69 Å². The second-order valence-corrected chi connectivity index (χ2v) is 8.19. The van der Waals surface area contributed by atoms with E-state index in [0.29, 0.717) is 36.3 Å². The van der Waals surface area contributed by atoms with Crippen molar-refractivity contribution in [3.8, 4) is 5.75 Å². The molecule has 0 atom stereocenters. The third-order valence-corrected chi connectivity index (χ3v) is 6.00. The molecular formula is C24H19Cl2N3O5. The average molecular weight is 500 g/mol. The molecule has 0 saturated heterocycles. The summed E-state index contributed by atoms with van der Waals surface area (Å²) in [5.74, 6) is -1.10. The number of amides is 1. The average Bonchev–Trinajstić information content (AvgIpc) is 3.21. The number of anilines is 1. The number of nitrogens with zero attached hydrogens (tertiary/aromatic N) is 2.